The number of amides is 1. The van der Waals surface area contributed by atoms with Gasteiger partial charge in [-0.1, -0.05) is 32.0 Å². The second kappa shape index (κ2) is 8.72. The smallest absolute Gasteiger partial charge is 0.407 e. The van der Waals surface area contributed by atoms with Gasteiger partial charge >= 0.3 is 5.76 Å². The first-order valence-corrected chi connectivity index (χ1v) is 9.63. The van der Waals surface area contributed by atoms with Crippen molar-refractivity contribution in [3.05, 3.63) is 68.2 Å². The van der Waals surface area contributed by atoms with Crippen molar-refractivity contribution in [3.8, 4) is 0 Å². The van der Waals surface area contributed by atoms with Crippen molar-refractivity contribution >= 4 is 28.4 Å². The Morgan fingerprint density at radius 2 is 1.86 bits per heavy atom. The van der Waals surface area contributed by atoms with Crippen molar-refractivity contribution in [1.82, 2.24) is 4.57 Å². The molecule has 0 radical (unpaired) electrons. The maximum Gasteiger partial charge on any atom is 0.419 e. The number of carbonyl (C=O) groups excluding carboxylic acids is 1. The Bertz CT molecular complexity index is 1090. The minimum absolute atomic E-state index is 0.114. The molecule has 0 saturated carbocycles. The van der Waals surface area contributed by atoms with Crippen LogP contribution in [0.3, 0.4) is 0 Å². The summed E-state index contributed by atoms with van der Waals surface area (Å²) in [7, 11) is 0. The zero-order chi connectivity index (χ0) is 21.0. The molecule has 29 heavy (non-hydrogen) atoms. The minimum atomic E-state index is -0.592. The fourth-order valence-corrected chi connectivity index (χ4v) is 3.38. The number of nitro groups is 1. The molecule has 0 aliphatic heterocycles. The van der Waals surface area contributed by atoms with Gasteiger partial charge in [-0.25, -0.2) is 4.79 Å². The summed E-state index contributed by atoms with van der Waals surface area (Å²) in [6.45, 7) is 4.38. The lowest BCUT2D eigenvalue weighted by Crippen LogP contribution is -2.18. The summed E-state index contributed by atoms with van der Waals surface area (Å²) in [4.78, 5) is 34.8. The predicted octanol–water partition coefficient (Wildman–Crippen LogP) is 4.05. The molecule has 0 unspecified atom stereocenters. The molecule has 0 saturated heterocycles. The minimum Gasteiger partial charge on any atom is -0.407 e. The van der Waals surface area contributed by atoms with Crippen LogP contribution in [0.2, 0.25) is 0 Å². The van der Waals surface area contributed by atoms with Gasteiger partial charge in [0.05, 0.1) is 16.5 Å². The number of hydrogen-bond acceptors (Lipinski definition) is 5. The number of non-ortho nitro benzene ring substituents is 1. The number of nitrogens with one attached hydrogen (secondary N) is 1. The number of hydrogen-bond donors (Lipinski definition) is 1. The van der Waals surface area contributed by atoms with E-state index >= 15 is 0 Å². The highest BCUT2D eigenvalue weighted by atomic mass is 16.6. The maximum absolute atomic E-state index is 12.4. The first-order chi connectivity index (χ1) is 13.9. The highest BCUT2D eigenvalue weighted by Crippen LogP contribution is 2.23. The van der Waals surface area contributed by atoms with Crippen molar-refractivity contribution in [2.45, 2.75) is 46.1 Å². The van der Waals surface area contributed by atoms with Gasteiger partial charge in [-0.15, -0.1) is 0 Å². The Morgan fingerprint density at radius 3 is 2.48 bits per heavy atom. The van der Waals surface area contributed by atoms with Gasteiger partial charge in [0.25, 0.3) is 5.69 Å². The molecule has 1 heterocycles. The zero-order valence-electron chi connectivity index (χ0n) is 16.4. The summed E-state index contributed by atoms with van der Waals surface area (Å²) in [5.41, 5.74) is 3.57. The number of oxazole rings is 1. The topological polar surface area (TPSA) is 107 Å². The molecule has 0 fully saturated rings. The fourth-order valence-electron chi connectivity index (χ4n) is 3.38. The molecule has 0 spiro atoms. The van der Waals surface area contributed by atoms with Crippen molar-refractivity contribution in [3.63, 3.8) is 0 Å². The molecule has 2 aromatic carbocycles. The highest BCUT2D eigenvalue weighted by molar-refractivity contribution is 5.92. The van der Waals surface area contributed by atoms with E-state index in [1.54, 1.807) is 0 Å². The third-order valence-corrected chi connectivity index (χ3v) is 4.91. The number of nitrogens with zero attached hydrogens (tertiary/aromatic N) is 2. The van der Waals surface area contributed by atoms with Gasteiger partial charge in [-0.05, 0) is 36.5 Å². The molecule has 0 aliphatic rings. The number of para-hydroxylation sites is 1. The van der Waals surface area contributed by atoms with E-state index in [4.69, 9.17) is 4.42 Å². The number of rotatable bonds is 8. The van der Waals surface area contributed by atoms with Crippen LogP contribution in [-0.4, -0.2) is 15.4 Å². The third-order valence-electron chi connectivity index (χ3n) is 4.91. The molecule has 1 N–H and O–H groups in total. The number of fused-ring (bicyclic) bond motifs is 1. The Kier molecular flexibility index (Phi) is 6.11. The van der Waals surface area contributed by atoms with Crippen LogP contribution in [-0.2, 0) is 24.2 Å². The van der Waals surface area contributed by atoms with Gasteiger partial charge < -0.3 is 9.73 Å². The van der Waals surface area contributed by atoms with Gasteiger partial charge in [0, 0.05) is 24.7 Å². The number of nitro benzene ring substituents is 1. The standard InChI is InChI=1S/C21H23N3O5/c1-3-14-7-5-8-15(4-2)20(14)22-19(25)9-6-12-23-17-11-10-16(24(27)28)13-18(17)29-21(23)26/h5,7-8,10-11,13H,3-4,6,9,12H2,1-2H3,(H,22,25). The van der Waals surface area contributed by atoms with E-state index in [2.05, 4.69) is 5.32 Å². The summed E-state index contributed by atoms with van der Waals surface area (Å²) in [5, 5.41) is 13.9. The number of benzene rings is 2. The molecule has 1 aromatic heterocycles. The monoisotopic (exact) mass is 397 g/mol. The van der Waals surface area contributed by atoms with E-state index in [1.807, 2.05) is 32.0 Å². The molecule has 0 atom stereocenters. The first kappa shape index (κ1) is 20.3. The van der Waals surface area contributed by atoms with E-state index < -0.39 is 10.7 Å². The summed E-state index contributed by atoms with van der Waals surface area (Å²) >= 11 is 0. The zero-order valence-corrected chi connectivity index (χ0v) is 16.4. The molecular formula is C21H23N3O5. The molecule has 8 heteroatoms. The Balaban J connectivity index is 1.68. The Hall–Kier alpha value is -3.42. The largest absolute Gasteiger partial charge is 0.419 e. The lowest BCUT2D eigenvalue weighted by Gasteiger charge is -2.14. The maximum atomic E-state index is 12.4. The predicted molar refractivity (Wildman–Crippen MR) is 110 cm³/mol. The Labute approximate surface area is 167 Å². The molecule has 0 aliphatic carbocycles. The van der Waals surface area contributed by atoms with Crippen LogP contribution in [0.5, 0.6) is 0 Å². The molecule has 3 aromatic rings. The second-order valence-corrected chi connectivity index (χ2v) is 6.74. The normalized spacial score (nSPS) is 11.0. The average molecular weight is 397 g/mol. The average Bonchev–Trinajstić information content (AvgIpc) is 3.02. The number of aromatic nitrogens is 1. The van der Waals surface area contributed by atoms with E-state index in [9.17, 15) is 19.7 Å². The van der Waals surface area contributed by atoms with E-state index in [-0.39, 0.29) is 30.1 Å². The molecule has 152 valence electrons. The van der Waals surface area contributed by atoms with E-state index in [1.165, 1.54) is 22.8 Å². The van der Waals surface area contributed by atoms with Crippen LogP contribution in [0.1, 0.15) is 37.8 Å². The lowest BCUT2D eigenvalue weighted by molar-refractivity contribution is -0.384. The summed E-state index contributed by atoms with van der Waals surface area (Å²) in [6.07, 6.45) is 2.33. The molecule has 3 rings (SSSR count). The lowest BCUT2D eigenvalue weighted by atomic mass is 10.0. The van der Waals surface area contributed by atoms with Crippen molar-refractivity contribution in [2.24, 2.45) is 0 Å². The van der Waals surface area contributed by atoms with Crippen LogP contribution < -0.4 is 11.1 Å². The summed E-state index contributed by atoms with van der Waals surface area (Å²) in [6, 6.07) is 10.1. The van der Waals surface area contributed by atoms with Crippen molar-refractivity contribution < 1.29 is 14.1 Å². The van der Waals surface area contributed by atoms with Gasteiger partial charge in [0.1, 0.15) is 0 Å². The van der Waals surface area contributed by atoms with Crippen LogP contribution in [0, 0.1) is 10.1 Å². The second-order valence-electron chi connectivity index (χ2n) is 6.74. The quantitative estimate of drug-likeness (QED) is 0.456. The molecular weight excluding hydrogens is 374 g/mol. The number of carbonyl (C=O) groups is 1. The van der Waals surface area contributed by atoms with Gasteiger partial charge in [0.15, 0.2) is 5.58 Å². The van der Waals surface area contributed by atoms with Crippen LogP contribution in [0.4, 0.5) is 11.4 Å². The molecule has 1 amide bonds. The first-order valence-electron chi connectivity index (χ1n) is 9.63. The summed E-state index contributed by atoms with van der Waals surface area (Å²) < 4.78 is 6.50. The van der Waals surface area contributed by atoms with Crippen LogP contribution in [0.15, 0.2) is 45.6 Å². The molecule has 0 bridgehead atoms. The van der Waals surface area contributed by atoms with Crippen molar-refractivity contribution in [2.75, 3.05) is 5.32 Å². The fraction of sp³-hybridized carbons (Fsp3) is 0.333. The summed E-state index contributed by atoms with van der Waals surface area (Å²) in [5.74, 6) is -0.706. The van der Waals surface area contributed by atoms with Gasteiger partial charge in [-0.3, -0.25) is 19.5 Å². The van der Waals surface area contributed by atoms with Crippen LogP contribution >= 0.6 is 0 Å². The number of anilines is 1. The van der Waals surface area contributed by atoms with Crippen molar-refractivity contribution in [1.29, 1.82) is 0 Å². The van der Waals surface area contributed by atoms with E-state index in [0.29, 0.717) is 11.9 Å². The Morgan fingerprint density at radius 1 is 1.17 bits per heavy atom. The highest BCUT2D eigenvalue weighted by Gasteiger charge is 2.15. The van der Waals surface area contributed by atoms with Gasteiger partial charge in [-0.2, -0.15) is 0 Å². The van der Waals surface area contributed by atoms with Gasteiger partial charge in [0.2, 0.25) is 5.91 Å². The third kappa shape index (κ3) is 4.37. The molecule has 8 nitrogen and oxygen atoms in total. The number of aryl methyl sites for hydroxylation is 3. The SMILES string of the molecule is CCc1cccc(CC)c1NC(=O)CCCn1c(=O)oc2cc([N+](=O)[O-])ccc21. The van der Waals surface area contributed by atoms with Crippen LogP contribution in [0.25, 0.3) is 11.1 Å². The van der Waals surface area contributed by atoms with E-state index in [0.717, 1.165) is 29.7 Å².